The number of rotatable bonds is 10. The third kappa shape index (κ3) is 11.8. The fourth-order valence-electron chi connectivity index (χ4n) is 2.16. The van der Waals surface area contributed by atoms with E-state index >= 15 is 0 Å². The summed E-state index contributed by atoms with van der Waals surface area (Å²) in [7, 11) is -1.22. The molecule has 0 fully saturated rings. The Bertz CT molecular complexity index is 607. The van der Waals surface area contributed by atoms with Crippen molar-refractivity contribution in [2.45, 2.75) is 71.5 Å². The monoisotopic (exact) mass is 409 g/mol. The van der Waals surface area contributed by atoms with E-state index in [9.17, 15) is 9.59 Å². The van der Waals surface area contributed by atoms with Gasteiger partial charge in [0.2, 0.25) is 0 Å². The first-order chi connectivity index (χ1) is 13.0. The SMILES string of the molecule is CC(C)(C)OC(=O)N(CCCC(=O)OCC[Si](C)(C)C)OCc1ccccc1. The fourth-order valence-corrected chi connectivity index (χ4v) is 2.87. The summed E-state index contributed by atoms with van der Waals surface area (Å²) in [4.78, 5) is 30.0. The highest BCUT2D eigenvalue weighted by molar-refractivity contribution is 6.76. The van der Waals surface area contributed by atoms with Gasteiger partial charge in [-0.2, -0.15) is 5.06 Å². The minimum absolute atomic E-state index is 0.236. The first kappa shape index (κ1) is 24.2. The zero-order chi connectivity index (χ0) is 21.2. The van der Waals surface area contributed by atoms with Crippen LogP contribution in [0.2, 0.25) is 25.7 Å². The topological polar surface area (TPSA) is 65.1 Å². The zero-order valence-electron chi connectivity index (χ0n) is 18.1. The molecule has 158 valence electrons. The van der Waals surface area contributed by atoms with E-state index in [1.54, 1.807) is 20.8 Å². The van der Waals surface area contributed by atoms with E-state index in [1.165, 1.54) is 5.06 Å². The first-order valence-corrected chi connectivity index (χ1v) is 13.5. The predicted octanol–water partition coefficient (Wildman–Crippen LogP) is 5.02. The molecule has 0 N–H and O–H groups in total. The van der Waals surface area contributed by atoms with Crippen LogP contribution in [0.4, 0.5) is 4.79 Å². The van der Waals surface area contributed by atoms with Crippen molar-refractivity contribution in [3.8, 4) is 0 Å². The van der Waals surface area contributed by atoms with Gasteiger partial charge in [-0.05, 0) is 38.8 Å². The standard InChI is InChI=1S/C21H35NO5Si/c1-21(2,3)27-20(24)22(26-17-18-11-8-7-9-12-18)14-10-13-19(23)25-15-16-28(4,5)6/h7-9,11-12H,10,13-17H2,1-6H3. The summed E-state index contributed by atoms with van der Waals surface area (Å²) < 4.78 is 10.7. The van der Waals surface area contributed by atoms with Gasteiger partial charge in [0.15, 0.2) is 0 Å². The summed E-state index contributed by atoms with van der Waals surface area (Å²) in [6, 6.07) is 10.5. The maximum Gasteiger partial charge on any atom is 0.434 e. The number of amides is 1. The highest BCUT2D eigenvalue weighted by atomic mass is 28.3. The molecule has 0 saturated carbocycles. The number of hydrogen-bond donors (Lipinski definition) is 0. The highest BCUT2D eigenvalue weighted by Gasteiger charge is 2.23. The Balaban J connectivity index is 2.50. The third-order valence-corrected chi connectivity index (χ3v) is 5.39. The summed E-state index contributed by atoms with van der Waals surface area (Å²) in [6.45, 7) is 13.1. The maximum absolute atomic E-state index is 12.4. The van der Waals surface area contributed by atoms with Crippen molar-refractivity contribution in [2.75, 3.05) is 13.2 Å². The van der Waals surface area contributed by atoms with Gasteiger partial charge in [-0.15, -0.1) is 0 Å². The lowest BCUT2D eigenvalue weighted by atomic mass is 10.2. The van der Waals surface area contributed by atoms with Crippen molar-refractivity contribution >= 4 is 20.1 Å². The molecule has 7 heteroatoms. The number of benzene rings is 1. The highest BCUT2D eigenvalue weighted by Crippen LogP contribution is 2.13. The lowest BCUT2D eigenvalue weighted by Crippen LogP contribution is -2.37. The number of hydroxylamine groups is 2. The van der Waals surface area contributed by atoms with Gasteiger partial charge in [0.25, 0.3) is 0 Å². The molecule has 1 aromatic rings. The molecule has 1 amide bonds. The maximum atomic E-state index is 12.4. The van der Waals surface area contributed by atoms with E-state index in [1.807, 2.05) is 30.3 Å². The first-order valence-electron chi connectivity index (χ1n) is 9.79. The molecule has 0 heterocycles. The molecule has 1 aromatic carbocycles. The predicted molar refractivity (Wildman–Crippen MR) is 113 cm³/mol. The Labute approximate surface area is 170 Å². The largest absolute Gasteiger partial charge is 0.466 e. The van der Waals surface area contributed by atoms with Crippen LogP contribution in [0.3, 0.4) is 0 Å². The number of nitrogens with zero attached hydrogens (tertiary/aromatic N) is 1. The molecule has 0 unspecified atom stereocenters. The molecule has 0 spiro atoms. The number of carbonyl (C=O) groups excluding carboxylic acids is 2. The van der Waals surface area contributed by atoms with Gasteiger partial charge < -0.3 is 9.47 Å². The minimum atomic E-state index is -1.22. The lowest BCUT2D eigenvalue weighted by Gasteiger charge is -2.26. The molecule has 0 aliphatic rings. The Morgan fingerprint density at radius 2 is 1.71 bits per heavy atom. The van der Waals surface area contributed by atoms with Gasteiger partial charge in [0.1, 0.15) is 12.2 Å². The van der Waals surface area contributed by atoms with Crippen LogP contribution in [0, 0.1) is 0 Å². The van der Waals surface area contributed by atoms with E-state index in [0.29, 0.717) is 13.0 Å². The van der Waals surface area contributed by atoms with Crippen LogP contribution in [-0.4, -0.2) is 44.0 Å². The third-order valence-electron chi connectivity index (χ3n) is 3.68. The molecule has 28 heavy (non-hydrogen) atoms. The molecule has 6 nitrogen and oxygen atoms in total. The Hall–Kier alpha value is -1.86. The van der Waals surface area contributed by atoms with Gasteiger partial charge in [0.05, 0.1) is 13.2 Å². The van der Waals surface area contributed by atoms with Crippen molar-refractivity contribution in [1.29, 1.82) is 0 Å². The fraction of sp³-hybridized carbons (Fsp3) is 0.619. The Morgan fingerprint density at radius 1 is 1.07 bits per heavy atom. The van der Waals surface area contributed by atoms with Crippen LogP contribution in [0.15, 0.2) is 30.3 Å². The molecular weight excluding hydrogens is 374 g/mol. The molecule has 0 saturated heterocycles. The lowest BCUT2D eigenvalue weighted by molar-refractivity contribution is -0.159. The molecule has 0 radical (unpaired) electrons. The van der Waals surface area contributed by atoms with E-state index in [2.05, 4.69) is 19.6 Å². The summed E-state index contributed by atoms with van der Waals surface area (Å²) >= 11 is 0. The van der Waals surface area contributed by atoms with Crippen molar-refractivity contribution < 1.29 is 23.9 Å². The van der Waals surface area contributed by atoms with Crippen molar-refractivity contribution in [1.82, 2.24) is 5.06 Å². The van der Waals surface area contributed by atoms with Crippen molar-refractivity contribution in [2.24, 2.45) is 0 Å². The van der Waals surface area contributed by atoms with Crippen LogP contribution < -0.4 is 0 Å². The van der Waals surface area contributed by atoms with Gasteiger partial charge in [-0.25, -0.2) is 4.79 Å². The minimum Gasteiger partial charge on any atom is -0.466 e. The summed E-state index contributed by atoms with van der Waals surface area (Å²) in [5.74, 6) is -0.245. The zero-order valence-corrected chi connectivity index (χ0v) is 19.1. The van der Waals surface area contributed by atoms with E-state index in [4.69, 9.17) is 14.3 Å². The number of carbonyl (C=O) groups is 2. The molecule has 0 aliphatic heterocycles. The quantitative estimate of drug-likeness (QED) is 0.308. The summed E-state index contributed by atoms with van der Waals surface area (Å²) in [6.07, 6.45) is 0.120. The van der Waals surface area contributed by atoms with Crippen LogP contribution in [0.5, 0.6) is 0 Å². The number of ether oxygens (including phenoxy) is 2. The van der Waals surface area contributed by atoms with Gasteiger partial charge in [0, 0.05) is 14.5 Å². The molecule has 0 bridgehead atoms. The van der Waals surface area contributed by atoms with Crippen LogP contribution >= 0.6 is 0 Å². The van der Waals surface area contributed by atoms with Gasteiger partial charge >= 0.3 is 12.1 Å². The average Bonchev–Trinajstić information content (AvgIpc) is 2.56. The molecule has 0 aromatic heterocycles. The van der Waals surface area contributed by atoms with Crippen LogP contribution in [-0.2, 0) is 25.7 Å². The second-order valence-corrected chi connectivity index (χ2v) is 14.6. The van der Waals surface area contributed by atoms with E-state index in [0.717, 1.165) is 11.6 Å². The second kappa shape index (κ2) is 11.2. The van der Waals surface area contributed by atoms with Crippen molar-refractivity contribution in [3.63, 3.8) is 0 Å². The van der Waals surface area contributed by atoms with Gasteiger partial charge in [-0.3, -0.25) is 9.63 Å². The van der Waals surface area contributed by atoms with E-state index < -0.39 is 19.8 Å². The van der Waals surface area contributed by atoms with Crippen LogP contribution in [0.25, 0.3) is 0 Å². The Kier molecular flexibility index (Phi) is 9.68. The number of esters is 1. The summed E-state index contributed by atoms with van der Waals surface area (Å²) in [5, 5.41) is 1.19. The van der Waals surface area contributed by atoms with Gasteiger partial charge in [-0.1, -0.05) is 50.0 Å². The average molecular weight is 410 g/mol. The molecule has 1 rings (SSSR count). The molecule has 0 aliphatic carbocycles. The van der Waals surface area contributed by atoms with Crippen molar-refractivity contribution in [3.05, 3.63) is 35.9 Å². The van der Waals surface area contributed by atoms with Crippen LogP contribution in [0.1, 0.15) is 39.2 Å². The molecule has 0 atom stereocenters. The smallest absolute Gasteiger partial charge is 0.434 e. The second-order valence-electron chi connectivity index (χ2n) is 8.98. The number of hydrogen-bond acceptors (Lipinski definition) is 5. The summed E-state index contributed by atoms with van der Waals surface area (Å²) in [5.41, 5.74) is 0.322. The normalized spacial score (nSPS) is 11.8. The van der Waals surface area contributed by atoms with E-state index in [-0.39, 0.29) is 25.5 Å². The Morgan fingerprint density at radius 3 is 2.29 bits per heavy atom. The molecular formula is C21H35NO5Si.